The van der Waals surface area contributed by atoms with E-state index in [1.54, 1.807) is 11.3 Å². The first-order valence-electron chi connectivity index (χ1n) is 6.60. The predicted molar refractivity (Wildman–Crippen MR) is 71.5 cm³/mol. The van der Waals surface area contributed by atoms with E-state index in [2.05, 4.69) is 22.1 Å². The third kappa shape index (κ3) is 2.39. The van der Waals surface area contributed by atoms with Crippen LogP contribution in [0.15, 0.2) is 5.51 Å². The first kappa shape index (κ1) is 11.6. The van der Waals surface area contributed by atoms with Gasteiger partial charge in [0.2, 0.25) is 0 Å². The van der Waals surface area contributed by atoms with Gasteiger partial charge < -0.3 is 10.2 Å². The average Bonchev–Trinajstić information content (AvgIpc) is 3.01. The number of aryl methyl sites for hydroxylation is 1. The zero-order chi connectivity index (χ0) is 11.7. The monoisotopic (exact) mass is 251 g/mol. The third-order valence-electron chi connectivity index (χ3n) is 4.35. The summed E-state index contributed by atoms with van der Waals surface area (Å²) in [6.45, 7) is 8.39. The Bertz CT molecular complexity index is 382. The molecule has 2 saturated heterocycles. The van der Waals surface area contributed by atoms with Gasteiger partial charge in [-0.25, -0.2) is 4.98 Å². The summed E-state index contributed by atoms with van der Waals surface area (Å²) >= 11 is 1.81. The lowest BCUT2D eigenvalue weighted by molar-refractivity contribution is 0.277. The number of rotatable bonds is 3. The molecule has 0 radical (unpaired) electrons. The van der Waals surface area contributed by atoms with Gasteiger partial charge in [0, 0.05) is 24.5 Å². The minimum atomic E-state index is 0.614. The van der Waals surface area contributed by atoms with E-state index in [1.165, 1.54) is 62.6 Å². The van der Waals surface area contributed by atoms with Crippen molar-refractivity contribution < 1.29 is 0 Å². The van der Waals surface area contributed by atoms with Gasteiger partial charge in [0.05, 0.1) is 11.2 Å². The predicted octanol–water partition coefficient (Wildman–Crippen LogP) is 1.68. The van der Waals surface area contributed by atoms with Crippen molar-refractivity contribution in [1.29, 1.82) is 0 Å². The molecule has 2 aliphatic rings. The maximum absolute atomic E-state index is 4.32. The summed E-state index contributed by atoms with van der Waals surface area (Å²) < 4.78 is 0. The first-order valence-corrected chi connectivity index (χ1v) is 7.47. The second-order valence-corrected chi connectivity index (χ2v) is 6.50. The maximum atomic E-state index is 4.32. The van der Waals surface area contributed by atoms with Gasteiger partial charge in [0.1, 0.15) is 0 Å². The maximum Gasteiger partial charge on any atom is 0.0797 e. The van der Waals surface area contributed by atoms with Crippen molar-refractivity contribution >= 4 is 11.3 Å². The zero-order valence-corrected chi connectivity index (χ0v) is 11.4. The summed E-state index contributed by atoms with van der Waals surface area (Å²) in [5.74, 6) is 0. The average molecular weight is 251 g/mol. The van der Waals surface area contributed by atoms with E-state index in [0.717, 1.165) is 0 Å². The van der Waals surface area contributed by atoms with Gasteiger partial charge in [-0.05, 0) is 44.7 Å². The molecule has 3 rings (SSSR count). The van der Waals surface area contributed by atoms with E-state index >= 15 is 0 Å². The fourth-order valence-electron chi connectivity index (χ4n) is 3.19. The van der Waals surface area contributed by atoms with Crippen LogP contribution in [-0.2, 0) is 6.42 Å². The SMILES string of the molecule is Cc1ncsc1CCN1CCC2(CCNC2)C1. The van der Waals surface area contributed by atoms with Crippen LogP contribution in [-0.4, -0.2) is 42.6 Å². The van der Waals surface area contributed by atoms with Crippen molar-refractivity contribution in [3.8, 4) is 0 Å². The van der Waals surface area contributed by atoms with Crippen LogP contribution in [0.4, 0.5) is 0 Å². The Labute approximate surface area is 107 Å². The molecule has 0 aliphatic carbocycles. The van der Waals surface area contributed by atoms with Crippen LogP contribution in [0.5, 0.6) is 0 Å². The highest BCUT2D eigenvalue weighted by atomic mass is 32.1. The molecule has 0 amide bonds. The molecular weight excluding hydrogens is 230 g/mol. The van der Waals surface area contributed by atoms with Gasteiger partial charge in [0.15, 0.2) is 0 Å². The Hall–Kier alpha value is -0.450. The molecule has 94 valence electrons. The fourth-order valence-corrected chi connectivity index (χ4v) is 3.96. The largest absolute Gasteiger partial charge is 0.316 e. The molecule has 1 N–H and O–H groups in total. The molecule has 17 heavy (non-hydrogen) atoms. The molecule has 1 spiro atoms. The van der Waals surface area contributed by atoms with Gasteiger partial charge in [0.25, 0.3) is 0 Å². The number of hydrogen-bond donors (Lipinski definition) is 1. The number of nitrogens with zero attached hydrogens (tertiary/aromatic N) is 2. The van der Waals surface area contributed by atoms with Crippen LogP contribution in [0.2, 0.25) is 0 Å². The Kier molecular flexibility index (Phi) is 3.19. The number of thiazole rings is 1. The second kappa shape index (κ2) is 4.67. The van der Waals surface area contributed by atoms with Crippen LogP contribution in [0.25, 0.3) is 0 Å². The normalized spacial score (nSPS) is 29.5. The molecule has 2 aliphatic heterocycles. The minimum Gasteiger partial charge on any atom is -0.316 e. The van der Waals surface area contributed by atoms with E-state index in [4.69, 9.17) is 0 Å². The Morgan fingerprint density at radius 2 is 2.47 bits per heavy atom. The molecule has 0 bridgehead atoms. The number of nitrogens with one attached hydrogen (secondary N) is 1. The first-order chi connectivity index (χ1) is 8.27. The van der Waals surface area contributed by atoms with Gasteiger partial charge in [-0.1, -0.05) is 0 Å². The summed E-state index contributed by atoms with van der Waals surface area (Å²) in [6, 6.07) is 0. The summed E-state index contributed by atoms with van der Waals surface area (Å²) in [6.07, 6.45) is 3.95. The highest BCUT2D eigenvalue weighted by Crippen LogP contribution is 2.35. The summed E-state index contributed by atoms with van der Waals surface area (Å²) in [5.41, 5.74) is 3.81. The van der Waals surface area contributed by atoms with Gasteiger partial charge in [-0.3, -0.25) is 0 Å². The molecule has 1 aromatic heterocycles. The third-order valence-corrected chi connectivity index (χ3v) is 5.34. The van der Waals surface area contributed by atoms with Crippen LogP contribution >= 0.6 is 11.3 Å². The number of likely N-dealkylation sites (tertiary alicyclic amines) is 1. The molecule has 1 unspecified atom stereocenters. The van der Waals surface area contributed by atoms with Crippen molar-refractivity contribution in [2.24, 2.45) is 5.41 Å². The van der Waals surface area contributed by atoms with Gasteiger partial charge in [-0.2, -0.15) is 0 Å². The lowest BCUT2D eigenvalue weighted by Gasteiger charge is -2.22. The lowest BCUT2D eigenvalue weighted by Crippen LogP contribution is -2.30. The van der Waals surface area contributed by atoms with Crippen molar-refractivity contribution in [3.05, 3.63) is 16.1 Å². The van der Waals surface area contributed by atoms with Crippen LogP contribution in [0.3, 0.4) is 0 Å². The van der Waals surface area contributed by atoms with Crippen LogP contribution in [0.1, 0.15) is 23.4 Å². The van der Waals surface area contributed by atoms with Crippen molar-refractivity contribution in [1.82, 2.24) is 15.2 Å². The quantitative estimate of drug-likeness (QED) is 0.886. The topological polar surface area (TPSA) is 28.2 Å². The van der Waals surface area contributed by atoms with Crippen LogP contribution < -0.4 is 5.32 Å². The Balaban J connectivity index is 1.52. The Morgan fingerprint density at radius 3 is 3.18 bits per heavy atom. The smallest absolute Gasteiger partial charge is 0.0797 e. The molecular formula is C13H21N3S. The van der Waals surface area contributed by atoms with Crippen LogP contribution in [0, 0.1) is 12.3 Å². The van der Waals surface area contributed by atoms with Crippen molar-refractivity contribution in [2.45, 2.75) is 26.2 Å². The zero-order valence-electron chi connectivity index (χ0n) is 10.5. The molecule has 4 heteroatoms. The molecule has 0 saturated carbocycles. The number of aromatic nitrogens is 1. The molecule has 0 aromatic carbocycles. The Morgan fingerprint density at radius 1 is 1.53 bits per heavy atom. The molecule has 2 fully saturated rings. The second-order valence-electron chi connectivity index (χ2n) is 5.56. The minimum absolute atomic E-state index is 0.614. The van der Waals surface area contributed by atoms with Gasteiger partial charge >= 0.3 is 0 Å². The van der Waals surface area contributed by atoms with E-state index in [1.807, 2.05) is 5.51 Å². The van der Waals surface area contributed by atoms with Gasteiger partial charge in [-0.15, -0.1) is 11.3 Å². The molecule has 1 aromatic rings. The van der Waals surface area contributed by atoms with E-state index in [9.17, 15) is 0 Å². The fraction of sp³-hybridized carbons (Fsp3) is 0.769. The summed E-state index contributed by atoms with van der Waals surface area (Å²) in [7, 11) is 0. The number of hydrogen-bond acceptors (Lipinski definition) is 4. The van der Waals surface area contributed by atoms with E-state index in [-0.39, 0.29) is 0 Å². The molecule has 1 atom stereocenters. The van der Waals surface area contributed by atoms with Crippen molar-refractivity contribution in [2.75, 3.05) is 32.7 Å². The van der Waals surface area contributed by atoms with Crippen molar-refractivity contribution in [3.63, 3.8) is 0 Å². The standard InChI is InChI=1S/C13H21N3S/c1-11-12(17-10-15-11)2-6-16-7-4-13(9-16)3-5-14-8-13/h10,14H,2-9H2,1H3. The highest BCUT2D eigenvalue weighted by molar-refractivity contribution is 7.09. The molecule has 3 nitrogen and oxygen atoms in total. The summed E-state index contributed by atoms with van der Waals surface area (Å²) in [4.78, 5) is 8.44. The van der Waals surface area contributed by atoms with E-state index < -0.39 is 0 Å². The lowest BCUT2D eigenvalue weighted by atomic mass is 9.87. The van der Waals surface area contributed by atoms with E-state index in [0.29, 0.717) is 5.41 Å². The summed E-state index contributed by atoms with van der Waals surface area (Å²) in [5, 5.41) is 3.52. The highest BCUT2D eigenvalue weighted by Gasteiger charge is 2.39. The molecule has 3 heterocycles.